The van der Waals surface area contributed by atoms with Crippen LogP contribution in [0.5, 0.6) is 0 Å². The average molecular weight is 737 g/mol. The molecule has 0 unspecified atom stereocenters. The van der Waals surface area contributed by atoms with Crippen LogP contribution >= 0.6 is 0 Å². The molecule has 0 N–H and O–H groups in total. The van der Waals surface area contributed by atoms with Crippen molar-refractivity contribution in [3.8, 4) is 34.4 Å². The van der Waals surface area contributed by atoms with Crippen molar-refractivity contribution in [1.29, 1.82) is 0 Å². The van der Waals surface area contributed by atoms with Crippen molar-refractivity contribution in [2.45, 2.75) is 0 Å². The molecule has 0 aliphatic carbocycles. The predicted octanol–water partition coefficient (Wildman–Crippen LogP) is 8.33. The largest absolute Gasteiger partial charge is 2.00 e. The molecular formula is C35H24N5O2Os+. The number of aromatic nitrogens is 5. The smallest absolute Gasteiger partial charge is 0.435 e. The molecular weight excluding hydrogens is 713 g/mol. The fourth-order valence-electron chi connectivity index (χ4n) is 4.02. The van der Waals surface area contributed by atoms with Gasteiger partial charge >= 0.3 is 19.8 Å². The molecule has 0 amide bonds. The fourth-order valence-corrected chi connectivity index (χ4v) is 4.02. The Morgan fingerprint density at radius 3 is 1.30 bits per heavy atom. The van der Waals surface area contributed by atoms with E-state index < -0.39 is 0 Å². The summed E-state index contributed by atoms with van der Waals surface area (Å²) >= 11 is 0. The standard InChI is InChI=1S/2C12H8N2O.C11H8N.Os/c2*1-2-7-11-9(5-1)14-12(15-11)10-6-3-4-8-13-10;1-2-6-10(7-3-1)11-8-4-5-9-12-11;/h2*1-8H;1-6,8-9H;/q;;-1;+2. The molecule has 43 heavy (non-hydrogen) atoms. The summed E-state index contributed by atoms with van der Waals surface area (Å²) < 4.78 is 11.2. The molecule has 5 heterocycles. The maximum absolute atomic E-state index is 5.58. The van der Waals surface area contributed by atoms with Gasteiger partial charge in [0.05, 0.1) is 0 Å². The van der Waals surface area contributed by atoms with E-state index in [4.69, 9.17) is 8.83 Å². The zero-order valence-corrected chi connectivity index (χ0v) is 25.3. The van der Waals surface area contributed by atoms with Gasteiger partial charge in [0.2, 0.25) is 11.8 Å². The first-order chi connectivity index (χ1) is 20.8. The monoisotopic (exact) mass is 738 g/mol. The molecule has 0 bridgehead atoms. The van der Waals surface area contributed by atoms with Gasteiger partial charge in [0, 0.05) is 18.6 Å². The van der Waals surface area contributed by atoms with Crippen molar-refractivity contribution < 1.29 is 28.6 Å². The Balaban J connectivity index is 0.000000128. The first-order valence-electron chi connectivity index (χ1n) is 13.3. The summed E-state index contributed by atoms with van der Waals surface area (Å²) in [5.41, 5.74) is 6.83. The SMILES string of the molecule is [Os+2].[c-]1ccccc1-c1ccccn1.c1ccc(-c2nc3ccccc3o2)nc1.c1ccc(-c2nc3ccccc3o2)nc1. The molecule has 0 fully saturated rings. The molecule has 8 heteroatoms. The van der Waals surface area contributed by atoms with E-state index in [-0.39, 0.29) is 19.8 Å². The molecule has 8 rings (SSSR count). The molecule has 0 saturated heterocycles. The average Bonchev–Trinajstić information content (AvgIpc) is 3.72. The van der Waals surface area contributed by atoms with Crippen LogP contribution in [-0.2, 0) is 19.8 Å². The summed E-state index contributed by atoms with van der Waals surface area (Å²) in [5.74, 6) is 1.13. The summed E-state index contributed by atoms with van der Waals surface area (Å²) in [4.78, 5) is 21.3. The number of oxazole rings is 2. The molecule has 0 atom stereocenters. The number of benzene rings is 3. The third-order valence-electron chi connectivity index (χ3n) is 6.01. The van der Waals surface area contributed by atoms with Crippen LogP contribution in [0, 0.1) is 6.07 Å². The Bertz CT molecular complexity index is 1770. The number of fused-ring (bicyclic) bond motifs is 2. The van der Waals surface area contributed by atoms with Crippen molar-refractivity contribution >= 4 is 22.2 Å². The van der Waals surface area contributed by atoms with Gasteiger partial charge in [-0.05, 0) is 60.3 Å². The van der Waals surface area contributed by atoms with Crippen molar-refractivity contribution in [2.24, 2.45) is 0 Å². The third-order valence-corrected chi connectivity index (χ3v) is 6.01. The van der Waals surface area contributed by atoms with E-state index in [9.17, 15) is 0 Å². The number of hydrogen-bond donors (Lipinski definition) is 0. The molecule has 8 aromatic rings. The van der Waals surface area contributed by atoms with E-state index in [0.29, 0.717) is 11.8 Å². The molecule has 208 valence electrons. The second-order valence-corrected chi connectivity index (χ2v) is 8.89. The predicted molar refractivity (Wildman–Crippen MR) is 163 cm³/mol. The van der Waals surface area contributed by atoms with Gasteiger partial charge in [0.1, 0.15) is 22.4 Å². The number of para-hydroxylation sites is 4. The molecule has 0 radical (unpaired) electrons. The molecule has 0 aliphatic rings. The first-order valence-corrected chi connectivity index (χ1v) is 13.3. The van der Waals surface area contributed by atoms with Crippen LogP contribution in [0.1, 0.15) is 0 Å². The normalized spacial score (nSPS) is 10.1. The van der Waals surface area contributed by atoms with Crippen molar-refractivity contribution in [3.63, 3.8) is 0 Å². The van der Waals surface area contributed by atoms with Gasteiger partial charge in [0.15, 0.2) is 11.2 Å². The van der Waals surface area contributed by atoms with Crippen LogP contribution in [0.25, 0.3) is 56.6 Å². The van der Waals surface area contributed by atoms with Gasteiger partial charge in [-0.1, -0.05) is 48.5 Å². The van der Waals surface area contributed by atoms with E-state index >= 15 is 0 Å². The van der Waals surface area contributed by atoms with Crippen LogP contribution in [0.3, 0.4) is 0 Å². The molecule has 0 saturated carbocycles. The number of nitrogens with zero attached hydrogens (tertiary/aromatic N) is 5. The number of hydrogen-bond acceptors (Lipinski definition) is 7. The quantitative estimate of drug-likeness (QED) is 0.169. The Morgan fingerprint density at radius 2 is 0.884 bits per heavy atom. The number of rotatable bonds is 3. The fraction of sp³-hybridized carbons (Fsp3) is 0. The molecule has 3 aromatic carbocycles. The Morgan fingerprint density at radius 1 is 0.442 bits per heavy atom. The zero-order valence-electron chi connectivity index (χ0n) is 22.8. The topological polar surface area (TPSA) is 90.7 Å². The zero-order chi connectivity index (χ0) is 28.4. The summed E-state index contributed by atoms with van der Waals surface area (Å²) in [6.45, 7) is 0. The van der Waals surface area contributed by atoms with E-state index in [2.05, 4.69) is 31.0 Å². The summed E-state index contributed by atoms with van der Waals surface area (Å²) in [6.07, 6.45) is 5.24. The van der Waals surface area contributed by atoms with Gasteiger partial charge < -0.3 is 13.8 Å². The van der Waals surface area contributed by atoms with Crippen molar-refractivity contribution in [2.75, 3.05) is 0 Å². The molecule has 7 nitrogen and oxygen atoms in total. The van der Waals surface area contributed by atoms with Gasteiger partial charge in [-0.25, -0.2) is 9.97 Å². The minimum absolute atomic E-state index is 0. The summed E-state index contributed by atoms with van der Waals surface area (Å²) in [6, 6.07) is 43.5. The second-order valence-electron chi connectivity index (χ2n) is 8.89. The van der Waals surface area contributed by atoms with Gasteiger partial charge in [-0.2, -0.15) is 0 Å². The van der Waals surface area contributed by atoms with E-state index in [0.717, 1.165) is 44.8 Å². The summed E-state index contributed by atoms with van der Waals surface area (Å²) in [7, 11) is 0. The van der Waals surface area contributed by atoms with E-state index in [1.807, 2.05) is 127 Å². The van der Waals surface area contributed by atoms with Gasteiger partial charge in [0.25, 0.3) is 0 Å². The Hall–Kier alpha value is -5.31. The molecule has 0 aliphatic heterocycles. The van der Waals surface area contributed by atoms with Crippen molar-refractivity contribution in [1.82, 2.24) is 24.9 Å². The minimum atomic E-state index is 0. The maximum atomic E-state index is 5.58. The first kappa shape index (κ1) is 29.2. The van der Waals surface area contributed by atoms with Crippen LogP contribution in [0.15, 0.2) is 155 Å². The molecule has 0 spiro atoms. The molecule has 5 aromatic heterocycles. The third kappa shape index (κ3) is 7.51. The van der Waals surface area contributed by atoms with Gasteiger partial charge in [-0.15, -0.1) is 35.9 Å². The van der Waals surface area contributed by atoms with Crippen LogP contribution in [0.4, 0.5) is 0 Å². The Labute approximate surface area is 261 Å². The maximum Gasteiger partial charge on any atom is 2.00 e. The van der Waals surface area contributed by atoms with E-state index in [1.54, 1.807) is 18.6 Å². The summed E-state index contributed by atoms with van der Waals surface area (Å²) in [5, 5.41) is 0. The van der Waals surface area contributed by atoms with E-state index in [1.165, 1.54) is 0 Å². The minimum Gasteiger partial charge on any atom is -0.435 e. The van der Waals surface area contributed by atoms with Crippen LogP contribution in [-0.4, -0.2) is 24.9 Å². The second kappa shape index (κ2) is 14.5. The van der Waals surface area contributed by atoms with Crippen molar-refractivity contribution in [3.05, 3.63) is 152 Å². The van der Waals surface area contributed by atoms with Crippen LogP contribution in [0.2, 0.25) is 0 Å². The van der Waals surface area contributed by atoms with Crippen LogP contribution < -0.4 is 0 Å². The van der Waals surface area contributed by atoms with Gasteiger partial charge in [-0.3, -0.25) is 9.97 Å². The Kier molecular flexibility index (Phi) is 9.87. The number of pyridine rings is 3.